The lowest BCUT2D eigenvalue weighted by atomic mass is 9.75. The molecule has 20 heavy (non-hydrogen) atoms. The van der Waals surface area contributed by atoms with Crippen LogP contribution in [0.1, 0.15) is 27.7 Å². The summed E-state index contributed by atoms with van der Waals surface area (Å²) in [5, 5.41) is 9.23. The molecule has 8 heteroatoms. The Morgan fingerprint density at radius 1 is 1.30 bits per heavy atom. The van der Waals surface area contributed by atoms with Gasteiger partial charge in [0.05, 0.1) is 5.41 Å². The van der Waals surface area contributed by atoms with Crippen molar-refractivity contribution < 1.29 is 18.3 Å². The van der Waals surface area contributed by atoms with Crippen molar-refractivity contribution in [2.45, 2.75) is 38.1 Å². The highest BCUT2D eigenvalue weighted by Gasteiger charge is 2.46. The number of carboxylic acid groups (broad SMARTS) is 1. The summed E-state index contributed by atoms with van der Waals surface area (Å²) >= 11 is 3.15. The minimum atomic E-state index is -3.86. The molecular weight excluding hydrogens is 348 g/mol. The van der Waals surface area contributed by atoms with Crippen LogP contribution in [0.2, 0.25) is 0 Å². The smallest absolute Gasteiger partial charge is 0.310 e. The van der Waals surface area contributed by atoms with Crippen molar-refractivity contribution in [2.75, 3.05) is 0 Å². The van der Waals surface area contributed by atoms with E-state index in [1.54, 1.807) is 0 Å². The molecule has 112 valence electrons. The van der Waals surface area contributed by atoms with Crippen molar-refractivity contribution in [1.29, 1.82) is 0 Å². The first kappa shape index (κ1) is 17.1. The predicted octanol–water partition coefficient (Wildman–Crippen LogP) is 2.01. The Bertz CT molecular complexity index is 626. The third-order valence-electron chi connectivity index (χ3n) is 3.48. The second-order valence-electron chi connectivity index (χ2n) is 5.50. The largest absolute Gasteiger partial charge is 0.481 e. The van der Waals surface area contributed by atoms with Crippen LogP contribution in [0.5, 0.6) is 0 Å². The highest BCUT2D eigenvalue weighted by molar-refractivity contribution is 9.10. The van der Waals surface area contributed by atoms with Crippen molar-refractivity contribution >= 4 is 31.9 Å². The molecule has 0 unspecified atom stereocenters. The maximum Gasteiger partial charge on any atom is 0.310 e. The van der Waals surface area contributed by atoms with E-state index < -0.39 is 26.9 Å². The van der Waals surface area contributed by atoms with E-state index in [9.17, 15) is 18.3 Å². The summed E-state index contributed by atoms with van der Waals surface area (Å²) in [6, 6.07) is 1.40. The van der Waals surface area contributed by atoms with Crippen LogP contribution < -0.4 is 4.72 Å². The summed E-state index contributed by atoms with van der Waals surface area (Å²) in [5.41, 5.74) is -2.46. The van der Waals surface area contributed by atoms with Crippen LogP contribution in [0.3, 0.4) is 0 Å². The molecule has 0 saturated heterocycles. The number of carbonyl (C=O) groups is 1. The number of aromatic nitrogens is 1. The lowest BCUT2D eigenvalue weighted by Crippen LogP contribution is -2.56. The van der Waals surface area contributed by atoms with Gasteiger partial charge in [-0.3, -0.25) is 9.78 Å². The van der Waals surface area contributed by atoms with Crippen molar-refractivity contribution in [3.05, 3.63) is 22.9 Å². The van der Waals surface area contributed by atoms with E-state index in [0.717, 1.165) is 0 Å². The van der Waals surface area contributed by atoms with Gasteiger partial charge in [-0.2, -0.15) is 0 Å². The number of hydrogen-bond donors (Lipinski definition) is 2. The lowest BCUT2D eigenvalue weighted by molar-refractivity contribution is -0.150. The van der Waals surface area contributed by atoms with Gasteiger partial charge in [-0.05, 0) is 49.7 Å². The zero-order valence-corrected chi connectivity index (χ0v) is 14.0. The fraction of sp³-hybridized carbons (Fsp3) is 0.500. The molecule has 1 heterocycles. The fourth-order valence-corrected chi connectivity index (χ4v) is 3.37. The van der Waals surface area contributed by atoms with Gasteiger partial charge in [0.25, 0.3) is 0 Å². The van der Waals surface area contributed by atoms with E-state index >= 15 is 0 Å². The predicted molar refractivity (Wildman–Crippen MR) is 77.8 cm³/mol. The summed E-state index contributed by atoms with van der Waals surface area (Å²) in [6.45, 7) is 6.00. The Hall–Kier alpha value is -0.990. The fourth-order valence-electron chi connectivity index (χ4n) is 1.33. The number of hydrogen-bond acceptors (Lipinski definition) is 4. The second kappa shape index (κ2) is 5.42. The molecule has 0 aliphatic carbocycles. The van der Waals surface area contributed by atoms with Crippen molar-refractivity contribution in [3.8, 4) is 0 Å². The van der Waals surface area contributed by atoms with Crippen LogP contribution >= 0.6 is 15.9 Å². The van der Waals surface area contributed by atoms with Crippen LogP contribution in [0.4, 0.5) is 0 Å². The van der Waals surface area contributed by atoms with Gasteiger partial charge in [0.15, 0.2) is 0 Å². The summed E-state index contributed by atoms with van der Waals surface area (Å²) in [4.78, 5) is 15.1. The van der Waals surface area contributed by atoms with Gasteiger partial charge >= 0.3 is 5.97 Å². The van der Waals surface area contributed by atoms with E-state index in [1.807, 2.05) is 0 Å². The Kier molecular flexibility index (Phi) is 4.62. The molecule has 0 bridgehead atoms. The normalized spacial score (nSPS) is 13.2. The summed E-state index contributed by atoms with van der Waals surface area (Å²) in [6.07, 6.45) is 2.67. The third-order valence-corrected chi connectivity index (χ3v) is 5.53. The van der Waals surface area contributed by atoms with Crippen molar-refractivity contribution in [1.82, 2.24) is 9.71 Å². The molecule has 1 aromatic rings. The highest BCUT2D eigenvalue weighted by Crippen LogP contribution is 2.32. The molecule has 2 N–H and O–H groups in total. The van der Waals surface area contributed by atoms with Crippen molar-refractivity contribution in [2.24, 2.45) is 5.41 Å². The first-order valence-corrected chi connectivity index (χ1v) is 8.06. The first-order chi connectivity index (χ1) is 8.90. The van der Waals surface area contributed by atoms with Gasteiger partial charge in [-0.15, -0.1) is 0 Å². The van der Waals surface area contributed by atoms with Gasteiger partial charge in [0, 0.05) is 22.4 Å². The number of pyridine rings is 1. The SMILES string of the molecule is CC(C)(NS(=O)(=O)c1cncc(Br)c1)C(C)(C)C(=O)O. The molecule has 0 amide bonds. The minimum absolute atomic E-state index is 0.0267. The van der Waals surface area contributed by atoms with Crippen LogP contribution in [-0.2, 0) is 14.8 Å². The lowest BCUT2D eigenvalue weighted by Gasteiger charge is -2.38. The number of nitrogens with one attached hydrogen (secondary N) is 1. The number of rotatable bonds is 5. The average Bonchev–Trinajstić information content (AvgIpc) is 2.27. The number of carboxylic acids is 1. The monoisotopic (exact) mass is 364 g/mol. The van der Waals surface area contributed by atoms with E-state index in [-0.39, 0.29) is 4.90 Å². The highest BCUT2D eigenvalue weighted by atomic mass is 79.9. The molecule has 0 atom stereocenters. The van der Waals surface area contributed by atoms with E-state index in [2.05, 4.69) is 25.6 Å². The van der Waals surface area contributed by atoms with Crippen LogP contribution in [0, 0.1) is 5.41 Å². The number of halogens is 1. The number of aliphatic carboxylic acids is 1. The van der Waals surface area contributed by atoms with Gasteiger partial charge < -0.3 is 5.11 Å². The molecule has 1 aromatic heterocycles. The second-order valence-corrected chi connectivity index (χ2v) is 8.10. The first-order valence-electron chi connectivity index (χ1n) is 5.78. The van der Waals surface area contributed by atoms with Gasteiger partial charge in [-0.1, -0.05) is 0 Å². The third kappa shape index (κ3) is 3.36. The van der Waals surface area contributed by atoms with Gasteiger partial charge in [-0.25, -0.2) is 13.1 Å². The molecule has 0 aromatic carbocycles. The van der Waals surface area contributed by atoms with E-state index in [0.29, 0.717) is 4.47 Å². The molecule has 0 fully saturated rings. The van der Waals surface area contributed by atoms with Crippen molar-refractivity contribution in [3.63, 3.8) is 0 Å². The summed E-state index contributed by atoms with van der Waals surface area (Å²) in [5.74, 6) is -1.09. The summed E-state index contributed by atoms with van der Waals surface area (Å²) < 4.78 is 27.6. The Morgan fingerprint density at radius 3 is 2.30 bits per heavy atom. The van der Waals surface area contributed by atoms with E-state index in [1.165, 1.54) is 46.2 Å². The van der Waals surface area contributed by atoms with Crippen LogP contribution in [0.25, 0.3) is 0 Å². The van der Waals surface area contributed by atoms with Crippen LogP contribution in [0.15, 0.2) is 27.8 Å². The minimum Gasteiger partial charge on any atom is -0.481 e. The van der Waals surface area contributed by atoms with E-state index in [4.69, 9.17) is 0 Å². The molecule has 6 nitrogen and oxygen atoms in total. The molecule has 0 saturated carbocycles. The quantitative estimate of drug-likeness (QED) is 0.832. The molecule has 0 aliphatic heterocycles. The zero-order valence-electron chi connectivity index (χ0n) is 11.6. The molecule has 0 radical (unpaired) electrons. The Labute approximate surface area is 126 Å². The maximum atomic E-state index is 12.3. The van der Waals surface area contributed by atoms with Crippen LogP contribution in [-0.4, -0.2) is 30.0 Å². The maximum absolute atomic E-state index is 12.3. The topological polar surface area (TPSA) is 96.4 Å². The zero-order chi connectivity index (χ0) is 15.8. The molecule has 0 spiro atoms. The van der Waals surface area contributed by atoms with Gasteiger partial charge in [0.2, 0.25) is 10.0 Å². The molecule has 1 rings (SSSR count). The standard InChI is InChI=1S/C12H17BrN2O4S/c1-11(2,10(16)17)12(3,4)15-20(18,19)9-5-8(13)6-14-7-9/h5-7,15H,1-4H3,(H,16,17). The number of nitrogens with zero attached hydrogens (tertiary/aromatic N) is 1. The molecule has 0 aliphatic rings. The number of sulfonamides is 1. The Balaban J connectivity index is 3.17. The Morgan fingerprint density at radius 2 is 1.85 bits per heavy atom. The van der Waals surface area contributed by atoms with Gasteiger partial charge in [0.1, 0.15) is 4.90 Å². The molecular formula is C12H17BrN2O4S. The average molecular weight is 365 g/mol. The summed E-state index contributed by atoms with van der Waals surface area (Å²) in [7, 11) is -3.86.